The maximum atomic E-state index is 12.1. The number of carbonyl (C=O) groups excluding carboxylic acids is 1. The number of hydrogen-bond donors (Lipinski definition) is 1. The lowest BCUT2D eigenvalue weighted by Crippen LogP contribution is -2.42. The number of benzene rings is 1. The van der Waals surface area contributed by atoms with E-state index in [4.69, 9.17) is 4.74 Å². The summed E-state index contributed by atoms with van der Waals surface area (Å²) in [6.07, 6.45) is 4.72. The highest BCUT2D eigenvalue weighted by molar-refractivity contribution is 5.76. The van der Waals surface area contributed by atoms with Gasteiger partial charge in [0, 0.05) is 6.54 Å². The van der Waals surface area contributed by atoms with Gasteiger partial charge in [-0.15, -0.1) is 0 Å². The summed E-state index contributed by atoms with van der Waals surface area (Å²) in [5, 5.41) is 3.39. The predicted octanol–water partition coefficient (Wildman–Crippen LogP) is 2.90. The molecule has 1 aliphatic carbocycles. The maximum absolute atomic E-state index is 12.1. The van der Waals surface area contributed by atoms with Crippen molar-refractivity contribution in [1.29, 1.82) is 0 Å². The molecule has 19 heavy (non-hydrogen) atoms. The fourth-order valence-corrected chi connectivity index (χ4v) is 2.79. The molecule has 0 saturated heterocycles. The fraction of sp³-hybridized carbons (Fsp3) is 0.562. The molecule has 0 bridgehead atoms. The Kier molecular flexibility index (Phi) is 5.40. The molecule has 2 rings (SSSR count). The van der Waals surface area contributed by atoms with Gasteiger partial charge in [-0.3, -0.25) is 4.79 Å². The van der Waals surface area contributed by atoms with Crippen molar-refractivity contribution < 1.29 is 9.53 Å². The molecule has 0 aromatic heterocycles. The second-order valence-electron chi connectivity index (χ2n) is 5.14. The van der Waals surface area contributed by atoms with Gasteiger partial charge in [0.1, 0.15) is 6.04 Å². The lowest BCUT2D eigenvalue weighted by Gasteiger charge is -2.23. The molecule has 3 heteroatoms. The highest BCUT2D eigenvalue weighted by atomic mass is 16.5. The van der Waals surface area contributed by atoms with Crippen molar-refractivity contribution in [3.8, 4) is 0 Å². The van der Waals surface area contributed by atoms with E-state index >= 15 is 0 Å². The topological polar surface area (TPSA) is 38.3 Å². The van der Waals surface area contributed by atoms with Gasteiger partial charge in [-0.2, -0.15) is 0 Å². The van der Waals surface area contributed by atoms with Crippen molar-refractivity contribution >= 4 is 5.97 Å². The third kappa shape index (κ3) is 4.06. The Hall–Kier alpha value is -1.35. The van der Waals surface area contributed by atoms with Gasteiger partial charge in [-0.1, -0.05) is 43.2 Å². The zero-order valence-corrected chi connectivity index (χ0v) is 11.6. The van der Waals surface area contributed by atoms with E-state index in [2.05, 4.69) is 17.4 Å². The normalized spacial score (nSPS) is 17.3. The van der Waals surface area contributed by atoms with Crippen LogP contribution in [0.15, 0.2) is 30.3 Å². The Morgan fingerprint density at radius 1 is 1.32 bits per heavy atom. The van der Waals surface area contributed by atoms with Gasteiger partial charge in [-0.05, 0) is 31.2 Å². The third-order valence-corrected chi connectivity index (χ3v) is 3.78. The first-order chi connectivity index (χ1) is 9.31. The smallest absolute Gasteiger partial charge is 0.323 e. The lowest BCUT2D eigenvalue weighted by atomic mass is 9.98. The van der Waals surface area contributed by atoms with Crippen LogP contribution >= 0.6 is 0 Å². The summed E-state index contributed by atoms with van der Waals surface area (Å²) in [5.74, 6) is 0.341. The van der Waals surface area contributed by atoms with E-state index in [1.807, 2.05) is 25.1 Å². The van der Waals surface area contributed by atoms with Gasteiger partial charge in [0.15, 0.2) is 0 Å². The SMILES string of the molecule is CCOC(=O)C(NCc1ccccc1)C1CCCC1. The minimum Gasteiger partial charge on any atom is -0.465 e. The molecule has 1 unspecified atom stereocenters. The molecule has 0 amide bonds. The highest BCUT2D eigenvalue weighted by Crippen LogP contribution is 2.28. The van der Waals surface area contributed by atoms with Crippen LogP contribution in [0, 0.1) is 5.92 Å². The van der Waals surface area contributed by atoms with Gasteiger partial charge in [-0.25, -0.2) is 0 Å². The molecule has 0 aliphatic heterocycles. The van der Waals surface area contributed by atoms with Crippen LogP contribution in [0.4, 0.5) is 0 Å². The number of esters is 1. The van der Waals surface area contributed by atoms with Crippen LogP contribution in [0.1, 0.15) is 38.2 Å². The van der Waals surface area contributed by atoms with Crippen molar-refractivity contribution in [2.75, 3.05) is 6.61 Å². The minimum absolute atomic E-state index is 0.0923. The van der Waals surface area contributed by atoms with E-state index in [1.54, 1.807) is 0 Å². The molecule has 1 N–H and O–H groups in total. The zero-order chi connectivity index (χ0) is 13.5. The van der Waals surface area contributed by atoms with Gasteiger partial charge in [0.05, 0.1) is 6.61 Å². The average Bonchev–Trinajstić information content (AvgIpc) is 2.94. The Labute approximate surface area is 115 Å². The number of nitrogens with one attached hydrogen (secondary N) is 1. The second-order valence-corrected chi connectivity index (χ2v) is 5.14. The lowest BCUT2D eigenvalue weighted by molar-refractivity contribution is -0.147. The number of ether oxygens (including phenoxy) is 1. The molecule has 1 atom stereocenters. The first-order valence-corrected chi connectivity index (χ1v) is 7.25. The van der Waals surface area contributed by atoms with Crippen molar-refractivity contribution in [3.05, 3.63) is 35.9 Å². The number of carbonyl (C=O) groups is 1. The summed E-state index contributed by atoms with van der Waals surface area (Å²) in [6.45, 7) is 3.04. The standard InChI is InChI=1S/C16H23NO2/c1-2-19-16(18)15(14-10-6-7-11-14)17-12-13-8-4-3-5-9-13/h3-5,8-9,14-15,17H,2,6-7,10-12H2,1H3. The molecule has 1 saturated carbocycles. The second kappa shape index (κ2) is 7.29. The zero-order valence-electron chi connectivity index (χ0n) is 11.6. The Morgan fingerprint density at radius 2 is 2.00 bits per heavy atom. The molecule has 3 nitrogen and oxygen atoms in total. The molecular weight excluding hydrogens is 238 g/mol. The van der Waals surface area contributed by atoms with Crippen molar-refractivity contribution in [2.45, 2.75) is 45.2 Å². The summed E-state index contributed by atoms with van der Waals surface area (Å²) >= 11 is 0. The van der Waals surface area contributed by atoms with Crippen LogP contribution < -0.4 is 5.32 Å². The maximum Gasteiger partial charge on any atom is 0.323 e. The van der Waals surface area contributed by atoms with E-state index < -0.39 is 0 Å². The first kappa shape index (κ1) is 14.1. The van der Waals surface area contributed by atoms with Crippen LogP contribution in [-0.4, -0.2) is 18.6 Å². The minimum atomic E-state index is -0.150. The van der Waals surface area contributed by atoms with Crippen molar-refractivity contribution in [1.82, 2.24) is 5.32 Å². The first-order valence-electron chi connectivity index (χ1n) is 7.25. The monoisotopic (exact) mass is 261 g/mol. The molecule has 0 heterocycles. The summed E-state index contributed by atoms with van der Waals surface area (Å²) in [5.41, 5.74) is 1.20. The van der Waals surface area contributed by atoms with Crippen molar-refractivity contribution in [3.63, 3.8) is 0 Å². The molecule has 104 valence electrons. The van der Waals surface area contributed by atoms with Crippen molar-refractivity contribution in [2.24, 2.45) is 5.92 Å². The van der Waals surface area contributed by atoms with E-state index in [1.165, 1.54) is 18.4 Å². The average molecular weight is 261 g/mol. The number of hydrogen-bond acceptors (Lipinski definition) is 3. The van der Waals surface area contributed by atoms with Crippen LogP contribution in [0.3, 0.4) is 0 Å². The molecule has 1 aromatic rings. The molecule has 0 spiro atoms. The Balaban J connectivity index is 1.95. The summed E-state index contributed by atoms with van der Waals surface area (Å²) in [7, 11) is 0. The van der Waals surface area contributed by atoms with Crippen LogP contribution in [-0.2, 0) is 16.1 Å². The fourth-order valence-electron chi connectivity index (χ4n) is 2.79. The van der Waals surface area contributed by atoms with Crippen LogP contribution in [0.2, 0.25) is 0 Å². The highest BCUT2D eigenvalue weighted by Gasteiger charge is 2.31. The Bertz CT molecular complexity index is 385. The van der Waals surface area contributed by atoms with Gasteiger partial charge >= 0.3 is 5.97 Å². The molecule has 1 aliphatic rings. The summed E-state index contributed by atoms with van der Waals surface area (Å²) in [4.78, 5) is 12.1. The van der Waals surface area contributed by atoms with Crippen LogP contribution in [0.25, 0.3) is 0 Å². The van der Waals surface area contributed by atoms with E-state index in [9.17, 15) is 4.79 Å². The van der Waals surface area contributed by atoms with Gasteiger partial charge in [0.25, 0.3) is 0 Å². The quantitative estimate of drug-likeness (QED) is 0.800. The predicted molar refractivity (Wildman–Crippen MR) is 75.7 cm³/mol. The largest absolute Gasteiger partial charge is 0.465 e. The Morgan fingerprint density at radius 3 is 2.63 bits per heavy atom. The van der Waals surface area contributed by atoms with E-state index in [-0.39, 0.29) is 12.0 Å². The summed E-state index contributed by atoms with van der Waals surface area (Å²) in [6, 6.07) is 10.0. The molecule has 0 radical (unpaired) electrons. The summed E-state index contributed by atoms with van der Waals surface area (Å²) < 4.78 is 5.20. The molecule has 1 aromatic carbocycles. The number of rotatable bonds is 6. The molecule has 1 fully saturated rings. The van der Waals surface area contributed by atoms with Gasteiger partial charge in [0.2, 0.25) is 0 Å². The van der Waals surface area contributed by atoms with E-state index in [0.717, 1.165) is 19.4 Å². The van der Waals surface area contributed by atoms with E-state index in [0.29, 0.717) is 12.5 Å². The van der Waals surface area contributed by atoms with Crippen LogP contribution in [0.5, 0.6) is 0 Å². The third-order valence-electron chi connectivity index (χ3n) is 3.78. The van der Waals surface area contributed by atoms with Gasteiger partial charge < -0.3 is 10.1 Å². The molecular formula is C16H23NO2.